The molecule has 35 heavy (non-hydrogen) atoms. The van der Waals surface area contributed by atoms with Gasteiger partial charge in [-0.2, -0.15) is 4.57 Å². The zero-order chi connectivity index (χ0) is 29.6. The summed E-state index contributed by atoms with van der Waals surface area (Å²) in [7, 11) is 0. The molecule has 2 aromatic heterocycles. The van der Waals surface area contributed by atoms with Crippen LogP contribution in [-0.4, -0.2) is 9.55 Å². The van der Waals surface area contributed by atoms with Gasteiger partial charge in [-0.15, -0.1) is 0 Å². The van der Waals surface area contributed by atoms with Crippen LogP contribution in [0.1, 0.15) is 89.7 Å². The molecule has 2 heterocycles. The molecule has 2 aromatic carbocycles. The van der Waals surface area contributed by atoms with Gasteiger partial charge in [0.15, 0.2) is 0 Å². The average molecular weight is 476 g/mol. The molecule has 0 aliphatic rings. The van der Waals surface area contributed by atoms with E-state index in [2.05, 4.69) is 53.7 Å². The van der Waals surface area contributed by atoms with Crippen LogP contribution in [0.5, 0.6) is 0 Å². The predicted octanol–water partition coefficient (Wildman–Crippen LogP) is 8.02. The second-order valence-corrected chi connectivity index (χ2v) is 9.98. The molecule has 4 aromatic rings. The van der Waals surface area contributed by atoms with Crippen molar-refractivity contribution in [2.24, 2.45) is 0 Å². The lowest BCUT2D eigenvalue weighted by molar-refractivity contribution is -0.692. The summed E-state index contributed by atoms with van der Waals surface area (Å²) in [5.74, 6) is 1.02. The number of benzene rings is 2. The van der Waals surface area contributed by atoms with Gasteiger partial charge >= 0.3 is 0 Å². The van der Waals surface area contributed by atoms with Crippen LogP contribution in [0.15, 0.2) is 67.3 Å². The highest BCUT2D eigenvalue weighted by Crippen LogP contribution is 2.40. The Morgan fingerprint density at radius 3 is 2.14 bits per heavy atom. The van der Waals surface area contributed by atoms with Crippen molar-refractivity contribution in [3.63, 3.8) is 0 Å². The third kappa shape index (κ3) is 5.22. The zero-order valence-corrected chi connectivity index (χ0v) is 21.3. The van der Waals surface area contributed by atoms with Gasteiger partial charge in [0, 0.05) is 15.7 Å². The van der Waals surface area contributed by atoms with Crippen molar-refractivity contribution in [2.75, 3.05) is 0 Å². The first-order chi connectivity index (χ1) is 18.6. The van der Waals surface area contributed by atoms with Gasteiger partial charge in [0.2, 0.25) is 12.1 Å². The summed E-state index contributed by atoms with van der Waals surface area (Å²) in [6.07, 6.45) is 4.40. The molecule has 0 saturated carbocycles. The van der Waals surface area contributed by atoms with E-state index >= 15 is 0 Å². The fraction of sp³-hybridized carbons (Fsp3) is 0.355. The second-order valence-electron chi connectivity index (χ2n) is 9.98. The maximum Gasteiger partial charge on any atom is 0.250 e. The minimum atomic E-state index is -2.85. The van der Waals surface area contributed by atoms with Crippen LogP contribution >= 0.6 is 0 Å². The smallest absolute Gasteiger partial charge is 0.237 e. The molecule has 0 aliphatic heterocycles. The van der Waals surface area contributed by atoms with Crippen molar-refractivity contribution in [3.8, 4) is 28.2 Å². The van der Waals surface area contributed by atoms with Crippen molar-refractivity contribution in [2.45, 2.75) is 72.6 Å². The minimum absolute atomic E-state index is 0.248. The van der Waals surface area contributed by atoms with Crippen LogP contribution in [0.4, 0.5) is 4.39 Å². The van der Waals surface area contributed by atoms with E-state index in [4.69, 9.17) is 11.8 Å². The van der Waals surface area contributed by atoms with Crippen LogP contribution in [0.3, 0.4) is 0 Å². The van der Waals surface area contributed by atoms with Gasteiger partial charge in [0.25, 0.3) is 0 Å². The van der Waals surface area contributed by atoms with E-state index in [-0.39, 0.29) is 17.7 Å². The summed E-state index contributed by atoms with van der Waals surface area (Å²) in [5.41, 5.74) is 7.15. The second kappa shape index (κ2) is 10.2. The van der Waals surface area contributed by atoms with Crippen molar-refractivity contribution in [3.05, 3.63) is 89.8 Å². The SMILES string of the molecule is [2H]C([2H])([2H])C([2H])([2H])[n+]1ccn(-c2cc(-c3c(C(C)C)cc(C(C)C)cc3C(C)C)cc(-c3ccc(F)cc3)n2)c1. The molecule has 3 nitrogen and oxygen atoms in total. The summed E-state index contributed by atoms with van der Waals surface area (Å²) in [6.45, 7) is 7.67. The maximum atomic E-state index is 13.8. The molecular formula is C31H37FN3+. The van der Waals surface area contributed by atoms with E-state index in [0.29, 0.717) is 17.4 Å². The normalized spacial score (nSPS) is 14.6. The first-order valence-corrected chi connectivity index (χ1v) is 12.2. The Bertz CT molecular complexity index is 1470. The van der Waals surface area contributed by atoms with Crippen molar-refractivity contribution < 1.29 is 15.8 Å². The lowest BCUT2D eigenvalue weighted by Crippen LogP contribution is -2.28. The van der Waals surface area contributed by atoms with Crippen LogP contribution < -0.4 is 4.57 Å². The van der Waals surface area contributed by atoms with E-state index < -0.39 is 13.3 Å². The van der Waals surface area contributed by atoms with Gasteiger partial charge in [-0.05, 0) is 82.8 Å². The average Bonchev–Trinajstić information content (AvgIpc) is 3.38. The Kier molecular flexibility index (Phi) is 5.51. The van der Waals surface area contributed by atoms with Crippen LogP contribution in [-0.2, 0) is 6.50 Å². The zero-order valence-electron chi connectivity index (χ0n) is 26.3. The number of nitrogens with zero attached hydrogens (tertiary/aromatic N) is 3. The summed E-state index contributed by atoms with van der Waals surface area (Å²) in [6, 6.07) is 14.7. The Morgan fingerprint density at radius 2 is 1.57 bits per heavy atom. The van der Waals surface area contributed by atoms with Crippen molar-refractivity contribution >= 4 is 0 Å². The highest BCUT2D eigenvalue weighted by atomic mass is 19.1. The van der Waals surface area contributed by atoms with E-state index in [1.807, 2.05) is 12.1 Å². The van der Waals surface area contributed by atoms with Gasteiger partial charge < -0.3 is 0 Å². The number of rotatable bonds is 7. The predicted molar refractivity (Wildman–Crippen MR) is 143 cm³/mol. The van der Waals surface area contributed by atoms with Crippen LogP contribution in [0.2, 0.25) is 0 Å². The molecule has 0 fully saturated rings. The Labute approximate surface area is 216 Å². The molecule has 0 bridgehead atoms. The highest BCUT2D eigenvalue weighted by Gasteiger charge is 2.21. The number of hydrogen-bond donors (Lipinski definition) is 0. The van der Waals surface area contributed by atoms with E-state index in [1.165, 1.54) is 41.3 Å². The molecule has 182 valence electrons. The monoisotopic (exact) mass is 475 g/mol. The standard InChI is InChI=1S/C31H37FN3/c1-8-34-13-14-35(19-34)30-18-25(17-29(33-30)23-9-11-26(32)12-10-23)31-27(21(4)5)15-24(20(2)3)16-28(31)22(6)7/h9-22H,8H2,1-7H3/q+1/i1D3,8D2. The molecule has 0 N–H and O–H groups in total. The maximum absolute atomic E-state index is 13.8. The molecule has 0 unspecified atom stereocenters. The van der Waals surface area contributed by atoms with Gasteiger partial charge in [0.1, 0.15) is 18.2 Å². The molecule has 0 aliphatic carbocycles. The fourth-order valence-electron chi connectivity index (χ4n) is 4.41. The molecular weight excluding hydrogens is 433 g/mol. The highest BCUT2D eigenvalue weighted by molar-refractivity contribution is 5.78. The van der Waals surface area contributed by atoms with E-state index in [1.54, 1.807) is 22.9 Å². The number of pyridine rings is 1. The van der Waals surface area contributed by atoms with Crippen molar-refractivity contribution in [1.82, 2.24) is 9.55 Å². The first-order valence-electron chi connectivity index (χ1n) is 14.7. The molecule has 0 amide bonds. The number of hydrogen-bond acceptors (Lipinski definition) is 1. The van der Waals surface area contributed by atoms with E-state index in [0.717, 1.165) is 21.3 Å². The number of imidazole rings is 1. The Balaban J connectivity index is 2.01. The molecule has 4 rings (SSSR count). The summed E-state index contributed by atoms with van der Waals surface area (Å²) < 4.78 is 55.7. The third-order valence-electron chi connectivity index (χ3n) is 6.40. The molecule has 0 saturated heterocycles. The topological polar surface area (TPSA) is 21.7 Å². The quantitative estimate of drug-likeness (QED) is 0.248. The summed E-state index contributed by atoms with van der Waals surface area (Å²) >= 11 is 0. The third-order valence-corrected chi connectivity index (χ3v) is 6.40. The molecule has 0 spiro atoms. The van der Waals surface area contributed by atoms with E-state index in [9.17, 15) is 4.39 Å². The lowest BCUT2D eigenvalue weighted by atomic mass is 9.81. The van der Waals surface area contributed by atoms with Crippen LogP contribution in [0.25, 0.3) is 28.2 Å². The van der Waals surface area contributed by atoms with Crippen LogP contribution in [0, 0.1) is 5.82 Å². The van der Waals surface area contributed by atoms with Gasteiger partial charge in [-0.25, -0.2) is 13.9 Å². The summed E-state index contributed by atoms with van der Waals surface area (Å²) in [4.78, 5) is 4.85. The first kappa shape index (κ1) is 19.0. The minimum Gasteiger partial charge on any atom is -0.237 e. The fourth-order valence-corrected chi connectivity index (χ4v) is 4.41. The number of aromatic nitrogens is 3. The molecule has 0 atom stereocenters. The van der Waals surface area contributed by atoms with Gasteiger partial charge in [-0.3, -0.25) is 0 Å². The summed E-state index contributed by atoms with van der Waals surface area (Å²) in [5, 5.41) is 0. The molecule has 0 radical (unpaired) electrons. The lowest BCUT2D eigenvalue weighted by Gasteiger charge is -2.23. The van der Waals surface area contributed by atoms with Crippen molar-refractivity contribution in [1.29, 1.82) is 0 Å². The largest absolute Gasteiger partial charge is 0.250 e. The van der Waals surface area contributed by atoms with Gasteiger partial charge in [0.05, 0.1) is 14.9 Å². The number of halogens is 1. The Morgan fingerprint density at radius 1 is 0.914 bits per heavy atom. The van der Waals surface area contributed by atoms with Gasteiger partial charge in [-0.1, -0.05) is 53.7 Å². The number of aryl methyl sites for hydroxylation is 1. The Hall–Kier alpha value is -3.27. The molecule has 4 heteroatoms.